The van der Waals surface area contributed by atoms with E-state index in [0.717, 1.165) is 67.3 Å². The number of halogens is 3. The van der Waals surface area contributed by atoms with Crippen LogP contribution in [0, 0.1) is 0 Å². The van der Waals surface area contributed by atoms with Crippen LogP contribution in [-0.4, -0.2) is 10.9 Å². The zero-order valence-electron chi connectivity index (χ0n) is 32.8. The van der Waals surface area contributed by atoms with Crippen LogP contribution in [0.4, 0.5) is 30.2 Å². The van der Waals surface area contributed by atoms with Crippen LogP contribution >= 0.6 is 0 Å². The topological polar surface area (TPSA) is 17.4 Å². The molecule has 0 amide bonds. The Bertz CT molecular complexity index is 3060. The van der Waals surface area contributed by atoms with Crippen LogP contribution in [0.3, 0.4) is 0 Å². The Labute approximate surface area is 351 Å². The third-order valence-electron chi connectivity index (χ3n) is 11.1. The molecule has 10 rings (SSSR count). The maximum atomic E-state index is 12.7. The number of benzene rings is 9. The molecule has 0 aliphatic rings. The predicted octanol–water partition coefficient (Wildman–Crippen LogP) is 15.8. The summed E-state index contributed by atoms with van der Waals surface area (Å²) in [5.41, 5.74) is 14.7. The average molecular weight is 799 g/mol. The molecule has 61 heavy (non-hydrogen) atoms. The SMILES string of the molecule is FC(F)(F)Oc1ccc(-c2cccc(-c3ccc(N(c4ccc(-c5ccccc5)cc4)c4ccc(-c5cccc(-n6c7ccccc7c7ccccc76)c5)cc4)cc3)c2)cc1. The van der Waals surface area contributed by atoms with E-state index in [2.05, 4.69) is 184 Å². The van der Waals surface area contributed by atoms with Gasteiger partial charge in [-0.15, -0.1) is 13.2 Å². The van der Waals surface area contributed by atoms with Crippen molar-refractivity contribution in [1.82, 2.24) is 4.57 Å². The van der Waals surface area contributed by atoms with E-state index in [1.807, 2.05) is 30.3 Å². The lowest BCUT2D eigenvalue weighted by molar-refractivity contribution is -0.274. The van der Waals surface area contributed by atoms with Crippen LogP contribution in [-0.2, 0) is 0 Å². The standard InChI is InChI=1S/C55H37F3N2O/c56-55(57,58)61-50-34-26-42(27-35-50)44-13-8-12-43(36-44)40-22-30-47(31-23-40)59(46-28-20-39(21-29-46)38-10-2-1-3-11-38)48-32-24-41(25-33-48)45-14-9-15-49(37-45)60-53-18-6-4-16-51(53)52-17-5-7-19-54(52)60/h1-37H. The summed E-state index contributed by atoms with van der Waals surface area (Å²) in [6, 6.07) is 76.0. The summed E-state index contributed by atoms with van der Waals surface area (Å²) in [4.78, 5) is 2.26. The highest BCUT2D eigenvalue weighted by atomic mass is 19.4. The van der Waals surface area contributed by atoms with Crippen LogP contribution < -0.4 is 9.64 Å². The Morgan fingerprint density at radius 2 is 0.721 bits per heavy atom. The summed E-state index contributed by atoms with van der Waals surface area (Å²) in [5, 5.41) is 2.47. The number of alkyl halides is 3. The molecular weight excluding hydrogens is 762 g/mol. The van der Waals surface area contributed by atoms with E-state index in [-0.39, 0.29) is 5.75 Å². The molecule has 0 bridgehead atoms. The highest BCUT2D eigenvalue weighted by molar-refractivity contribution is 6.09. The molecule has 3 nitrogen and oxygen atoms in total. The first kappa shape index (κ1) is 37.4. The van der Waals surface area contributed by atoms with Gasteiger partial charge in [-0.3, -0.25) is 0 Å². The Hall–Kier alpha value is -7.83. The lowest BCUT2D eigenvalue weighted by atomic mass is 9.98. The second-order valence-corrected chi connectivity index (χ2v) is 14.9. The number of rotatable bonds is 9. The van der Waals surface area contributed by atoms with Gasteiger partial charge in [0.05, 0.1) is 11.0 Å². The van der Waals surface area contributed by atoms with Crippen LogP contribution in [0.15, 0.2) is 224 Å². The molecule has 0 aliphatic heterocycles. The number of fused-ring (bicyclic) bond motifs is 3. The van der Waals surface area contributed by atoms with Crippen molar-refractivity contribution in [2.75, 3.05) is 4.90 Å². The lowest BCUT2D eigenvalue weighted by Crippen LogP contribution is -2.16. The van der Waals surface area contributed by atoms with Gasteiger partial charge in [0, 0.05) is 33.5 Å². The van der Waals surface area contributed by atoms with Gasteiger partial charge < -0.3 is 14.2 Å². The van der Waals surface area contributed by atoms with Crippen molar-refractivity contribution in [3.8, 4) is 55.9 Å². The van der Waals surface area contributed by atoms with E-state index < -0.39 is 6.36 Å². The van der Waals surface area contributed by atoms with Crippen molar-refractivity contribution in [1.29, 1.82) is 0 Å². The van der Waals surface area contributed by atoms with Gasteiger partial charge in [-0.2, -0.15) is 0 Å². The van der Waals surface area contributed by atoms with Crippen LogP contribution in [0.1, 0.15) is 0 Å². The van der Waals surface area contributed by atoms with Gasteiger partial charge in [-0.25, -0.2) is 0 Å². The third-order valence-corrected chi connectivity index (χ3v) is 11.1. The van der Waals surface area contributed by atoms with Gasteiger partial charge >= 0.3 is 6.36 Å². The number of aromatic nitrogens is 1. The Morgan fingerprint density at radius 3 is 1.21 bits per heavy atom. The van der Waals surface area contributed by atoms with Gasteiger partial charge in [0.25, 0.3) is 0 Å². The van der Waals surface area contributed by atoms with Crippen molar-refractivity contribution in [2.45, 2.75) is 6.36 Å². The van der Waals surface area contributed by atoms with Crippen molar-refractivity contribution in [3.05, 3.63) is 224 Å². The number of ether oxygens (including phenoxy) is 1. The molecule has 9 aromatic carbocycles. The molecule has 0 radical (unpaired) electrons. The van der Waals surface area contributed by atoms with Crippen LogP contribution in [0.5, 0.6) is 5.75 Å². The number of hydrogen-bond acceptors (Lipinski definition) is 2. The van der Waals surface area contributed by atoms with E-state index >= 15 is 0 Å². The number of nitrogens with zero attached hydrogens (tertiary/aromatic N) is 2. The maximum absolute atomic E-state index is 12.7. The fourth-order valence-corrected chi connectivity index (χ4v) is 8.24. The van der Waals surface area contributed by atoms with Gasteiger partial charge in [0.15, 0.2) is 0 Å². The Morgan fingerprint density at radius 1 is 0.344 bits per heavy atom. The van der Waals surface area contributed by atoms with Crippen LogP contribution in [0.25, 0.3) is 72.0 Å². The minimum atomic E-state index is -4.74. The van der Waals surface area contributed by atoms with Gasteiger partial charge in [-0.05, 0) is 123 Å². The molecule has 1 aromatic heterocycles. The first-order valence-electron chi connectivity index (χ1n) is 20.1. The zero-order valence-corrected chi connectivity index (χ0v) is 32.8. The first-order chi connectivity index (χ1) is 29.8. The second kappa shape index (κ2) is 15.7. The summed E-state index contributed by atoms with van der Waals surface area (Å²) in [6.45, 7) is 0. The van der Waals surface area contributed by atoms with E-state index in [9.17, 15) is 13.2 Å². The quantitative estimate of drug-likeness (QED) is 0.145. The molecule has 0 saturated carbocycles. The minimum Gasteiger partial charge on any atom is -0.406 e. The summed E-state index contributed by atoms with van der Waals surface area (Å²) in [5.74, 6) is -0.249. The average Bonchev–Trinajstić information content (AvgIpc) is 3.64. The smallest absolute Gasteiger partial charge is 0.406 e. The summed E-state index contributed by atoms with van der Waals surface area (Å²) >= 11 is 0. The monoisotopic (exact) mass is 798 g/mol. The number of para-hydroxylation sites is 2. The zero-order chi connectivity index (χ0) is 41.3. The minimum absolute atomic E-state index is 0.249. The summed E-state index contributed by atoms with van der Waals surface area (Å²) in [7, 11) is 0. The molecule has 10 aromatic rings. The number of hydrogen-bond donors (Lipinski definition) is 0. The predicted molar refractivity (Wildman–Crippen MR) is 244 cm³/mol. The largest absolute Gasteiger partial charge is 0.573 e. The van der Waals surface area contributed by atoms with Gasteiger partial charge in [-0.1, -0.05) is 146 Å². The van der Waals surface area contributed by atoms with Gasteiger partial charge in [0.1, 0.15) is 5.75 Å². The lowest BCUT2D eigenvalue weighted by Gasteiger charge is -2.26. The summed E-state index contributed by atoms with van der Waals surface area (Å²) in [6.07, 6.45) is -4.74. The molecule has 0 unspecified atom stereocenters. The van der Waals surface area contributed by atoms with Gasteiger partial charge in [0.2, 0.25) is 0 Å². The van der Waals surface area contributed by atoms with E-state index in [4.69, 9.17) is 0 Å². The highest BCUT2D eigenvalue weighted by Gasteiger charge is 2.31. The molecule has 0 saturated heterocycles. The van der Waals surface area contributed by atoms with Crippen molar-refractivity contribution >= 4 is 38.9 Å². The van der Waals surface area contributed by atoms with E-state index in [1.165, 1.54) is 33.9 Å². The van der Waals surface area contributed by atoms with Crippen molar-refractivity contribution < 1.29 is 17.9 Å². The normalized spacial score (nSPS) is 11.5. The molecule has 0 N–H and O–H groups in total. The van der Waals surface area contributed by atoms with Crippen molar-refractivity contribution in [2.24, 2.45) is 0 Å². The maximum Gasteiger partial charge on any atom is 0.573 e. The number of anilines is 3. The fraction of sp³-hybridized carbons (Fsp3) is 0.0182. The second-order valence-electron chi connectivity index (χ2n) is 14.9. The molecule has 0 spiro atoms. The van der Waals surface area contributed by atoms with E-state index in [0.29, 0.717) is 0 Å². The highest BCUT2D eigenvalue weighted by Crippen LogP contribution is 2.39. The molecule has 0 atom stereocenters. The van der Waals surface area contributed by atoms with E-state index in [1.54, 1.807) is 12.1 Å². The molecule has 0 fully saturated rings. The fourth-order valence-electron chi connectivity index (χ4n) is 8.24. The summed E-state index contributed by atoms with van der Waals surface area (Å²) < 4.78 is 44.6. The molecule has 294 valence electrons. The Balaban J connectivity index is 0.977. The molecule has 0 aliphatic carbocycles. The van der Waals surface area contributed by atoms with Crippen molar-refractivity contribution in [3.63, 3.8) is 0 Å². The molecule has 6 heteroatoms. The van der Waals surface area contributed by atoms with Crippen LogP contribution in [0.2, 0.25) is 0 Å². The molecular formula is C55H37F3N2O. The molecule has 1 heterocycles. The third kappa shape index (κ3) is 7.63. The Kier molecular flexibility index (Phi) is 9.66. The first-order valence-corrected chi connectivity index (χ1v) is 20.1.